The van der Waals surface area contributed by atoms with Crippen LogP contribution in [-0.4, -0.2) is 7.05 Å². The van der Waals surface area contributed by atoms with Gasteiger partial charge in [0.05, 0.1) is 6.04 Å². The second-order valence-electron chi connectivity index (χ2n) is 4.23. The first-order valence-electron chi connectivity index (χ1n) is 5.69. The molecule has 1 nitrogen and oxygen atoms in total. The third-order valence-electron chi connectivity index (χ3n) is 3.22. The second-order valence-corrected chi connectivity index (χ2v) is 6.18. The van der Waals surface area contributed by atoms with E-state index in [9.17, 15) is 0 Å². The quantitative estimate of drug-likeness (QED) is 0.876. The Balaban J connectivity index is 1.95. The summed E-state index contributed by atoms with van der Waals surface area (Å²) >= 11 is 3.77. The molecule has 1 aliphatic rings. The van der Waals surface area contributed by atoms with Gasteiger partial charge >= 0.3 is 0 Å². The normalized spacial score (nSPS) is 16.3. The van der Waals surface area contributed by atoms with Crippen LogP contribution in [0.15, 0.2) is 22.9 Å². The molecule has 0 aliphatic heterocycles. The van der Waals surface area contributed by atoms with Crippen molar-refractivity contribution in [3.05, 3.63) is 43.8 Å². The molecule has 0 aromatic carbocycles. The molecule has 0 saturated carbocycles. The Bertz CT molecular complexity index is 449. The molecule has 0 radical (unpaired) electrons. The van der Waals surface area contributed by atoms with Gasteiger partial charge in [-0.2, -0.15) is 11.3 Å². The van der Waals surface area contributed by atoms with Crippen LogP contribution in [-0.2, 0) is 12.8 Å². The van der Waals surface area contributed by atoms with E-state index in [2.05, 4.69) is 28.2 Å². The van der Waals surface area contributed by atoms with E-state index in [1.807, 2.05) is 18.4 Å². The molecule has 3 heteroatoms. The van der Waals surface area contributed by atoms with Gasteiger partial charge in [-0.05, 0) is 60.3 Å². The zero-order valence-corrected chi connectivity index (χ0v) is 11.0. The van der Waals surface area contributed by atoms with Crippen LogP contribution in [0.3, 0.4) is 0 Å². The number of fused-ring (bicyclic) bond motifs is 1. The summed E-state index contributed by atoms with van der Waals surface area (Å²) in [6, 6.07) is 5.02. The molecule has 0 saturated heterocycles. The molecule has 0 amide bonds. The summed E-state index contributed by atoms with van der Waals surface area (Å²) in [6.45, 7) is 0. The van der Waals surface area contributed by atoms with Gasteiger partial charge in [0.15, 0.2) is 0 Å². The maximum absolute atomic E-state index is 3.43. The Hall–Kier alpha value is -0.640. The molecule has 2 aromatic heterocycles. The Morgan fingerprint density at radius 2 is 2.31 bits per heavy atom. The van der Waals surface area contributed by atoms with Crippen LogP contribution in [0.4, 0.5) is 0 Å². The first-order chi connectivity index (χ1) is 7.88. The van der Waals surface area contributed by atoms with E-state index in [0.717, 1.165) is 0 Å². The van der Waals surface area contributed by atoms with Crippen LogP contribution in [0.1, 0.15) is 33.3 Å². The zero-order chi connectivity index (χ0) is 11.0. The number of hydrogen-bond acceptors (Lipinski definition) is 3. The van der Waals surface area contributed by atoms with Crippen LogP contribution in [0, 0.1) is 0 Å². The molecule has 1 atom stereocenters. The van der Waals surface area contributed by atoms with Crippen molar-refractivity contribution in [3.63, 3.8) is 0 Å². The van der Waals surface area contributed by atoms with Crippen molar-refractivity contribution in [3.8, 4) is 0 Å². The number of rotatable bonds is 3. The summed E-state index contributed by atoms with van der Waals surface area (Å²) in [4.78, 5) is 3.09. The van der Waals surface area contributed by atoms with E-state index >= 15 is 0 Å². The van der Waals surface area contributed by atoms with E-state index < -0.39 is 0 Å². The third-order valence-corrected chi connectivity index (χ3v) is 5.22. The standard InChI is InChI=1S/C13H15NS2/c1-14-13(10-5-6-15-8-10)12-7-9-3-2-4-11(9)16-12/h5-8,13-14H,2-4H2,1H3. The van der Waals surface area contributed by atoms with Gasteiger partial charge in [0, 0.05) is 9.75 Å². The third kappa shape index (κ3) is 1.73. The molecule has 2 heterocycles. The van der Waals surface area contributed by atoms with Crippen molar-refractivity contribution in [2.24, 2.45) is 0 Å². The maximum atomic E-state index is 3.43. The van der Waals surface area contributed by atoms with E-state index in [-0.39, 0.29) is 0 Å². The van der Waals surface area contributed by atoms with Crippen molar-refractivity contribution in [1.29, 1.82) is 0 Å². The summed E-state index contributed by atoms with van der Waals surface area (Å²) in [5, 5.41) is 7.82. The fourth-order valence-electron chi connectivity index (χ4n) is 2.41. The highest BCUT2D eigenvalue weighted by Crippen LogP contribution is 2.36. The smallest absolute Gasteiger partial charge is 0.0676 e. The highest BCUT2D eigenvalue weighted by molar-refractivity contribution is 7.12. The van der Waals surface area contributed by atoms with E-state index in [1.54, 1.807) is 21.8 Å². The lowest BCUT2D eigenvalue weighted by Gasteiger charge is -2.12. The molecule has 16 heavy (non-hydrogen) atoms. The predicted molar refractivity (Wildman–Crippen MR) is 71.6 cm³/mol. The fourth-order valence-corrected chi connectivity index (χ4v) is 4.49. The Morgan fingerprint density at radius 3 is 3.00 bits per heavy atom. The minimum absolute atomic E-state index is 0.391. The van der Waals surface area contributed by atoms with Crippen LogP contribution >= 0.6 is 22.7 Å². The largest absolute Gasteiger partial charge is 0.309 e. The first-order valence-corrected chi connectivity index (χ1v) is 7.45. The average Bonchev–Trinajstić information content (AvgIpc) is 2.91. The summed E-state index contributed by atoms with van der Waals surface area (Å²) in [5.74, 6) is 0. The molecule has 1 unspecified atom stereocenters. The molecular weight excluding hydrogens is 234 g/mol. The second kappa shape index (κ2) is 4.32. The van der Waals surface area contributed by atoms with Crippen molar-refractivity contribution < 1.29 is 0 Å². The molecule has 0 spiro atoms. The molecule has 2 aromatic rings. The minimum Gasteiger partial charge on any atom is -0.309 e. The maximum Gasteiger partial charge on any atom is 0.0676 e. The fraction of sp³-hybridized carbons (Fsp3) is 0.385. The number of thiophene rings is 2. The summed E-state index contributed by atoms with van der Waals surface area (Å²) in [7, 11) is 2.05. The molecule has 1 aliphatic carbocycles. The van der Waals surface area contributed by atoms with Crippen molar-refractivity contribution in [2.45, 2.75) is 25.3 Å². The van der Waals surface area contributed by atoms with Crippen molar-refractivity contribution in [2.75, 3.05) is 7.05 Å². The lowest BCUT2D eigenvalue weighted by Crippen LogP contribution is -2.15. The molecule has 0 bridgehead atoms. The first kappa shape index (κ1) is 10.5. The van der Waals surface area contributed by atoms with Crippen LogP contribution in [0.25, 0.3) is 0 Å². The molecule has 0 fully saturated rings. The van der Waals surface area contributed by atoms with E-state index in [4.69, 9.17) is 0 Å². The molecule has 1 N–H and O–H groups in total. The number of hydrogen-bond donors (Lipinski definition) is 1. The highest BCUT2D eigenvalue weighted by atomic mass is 32.1. The lowest BCUT2D eigenvalue weighted by molar-refractivity contribution is 0.705. The van der Waals surface area contributed by atoms with Crippen molar-refractivity contribution in [1.82, 2.24) is 5.32 Å². The summed E-state index contributed by atoms with van der Waals surface area (Å²) < 4.78 is 0. The van der Waals surface area contributed by atoms with Crippen LogP contribution < -0.4 is 5.32 Å². The Morgan fingerprint density at radius 1 is 1.38 bits per heavy atom. The average molecular weight is 249 g/mol. The van der Waals surface area contributed by atoms with Gasteiger partial charge in [0.1, 0.15) is 0 Å². The predicted octanol–water partition coefficient (Wildman–Crippen LogP) is 3.61. The van der Waals surface area contributed by atoms with Gasteiger partial charge in [0.25, 0.3) is 0 Å². The van der Waals surface area contributed by atoms with Gasteiger partial charge in [-0.1, -0.05) is 0 Å². The molecule has 3 rings (SSSR count). The SMILES string of the molecule is CNC(c1ccsc1)c1cc2c(s1)CCC2. The summed E-state index contributed by atoms with van der Waals surface area (Å²) in [6.07, 6.45) is 3.93. The lowest BCUT2D eigenvalue weighted by atomic mass is 10.1. The zero-order valence-electron chi connectivity index (χ0n) is 9.32. The van der Waals surface area contributed by atoms with Gasteiger partial charge < -0.3 is 5.32 Å². The highest BCUT2D eigenvalue weighted by Gasteiger charge is 2.20. The Kier molecular flexibility index (Phi) is 2.84. The van der Waals surface area contributed by atoms with Crippen molar-refractivity contribution >= 4 is 22.7 Å². The monoisotopic (exact) mass is 249 g/mol. The Labute approximate surface area is 104 Å². The van der Waals surface area contributed by atoms with Gasteiger partial charge in [-0.15, -0.1) is 11.3 Å². The molecular formula is C13H15NS2. The van der Waals surface area contributed by atoms with Crippen LogP contribution in [0.2, 0.25) is 0 Å². The van der Waals surface area contributed by atoms with E-state index in [0.29, 0.717) is 6.04 Å². The van der Waals surface area contributed by atoms with Gasteiger partial charge in [-0.3, -0.25) is 0 Å². The number of nitrogens with one attached hydrogen (secondary N) is 1. The topological polar surface area (TPSA) is 12.0 Å². The molecule has 84 valence electrons. The van der Waals surface area contributed by atoms with E-state index in [1.165, 1.54) is 29.7 Å². The van der Waals surface area contributed by atoms with Crippen LogP contribution in [0.5, 0.6) is 0 Å². The summed E-state index contributed by atoms with van der Waals surface area (Å²) in [5.41, 5.74) is 2.99. The number of aryl methyl sites for hydroxylation is 2. The van der Waals surface area contributed by atoms with Gasteiger partial charge in [0.2, 0.25) is 0 Å². The minimum atomic E-state index is 0.391. The van der Waals surface area contributed by atoms with Gasteiger partial charge in [-0.25, -0.2) is 0 Å².